The molecule has 0 aromatic heterocycles. The van der Waals surface area contributed by atoms with Crippen molar-refractivity contribution in [3.63, 3.8) is 0 Å². The maximum Gasteiger partial charge on any atom is 0.507 e. The van der Waals surface area contributed by atoms with E-state index in [9.17, 15) is 32.4 Å². The molecule has 0 radical (unpaired) electrons. The van der Waals surface area contributed by atoms with Gasteiger partial charge in [-0.25, -0.2) is 18.0 Å². The molecule has 0 aromatic rings. The molecule has 1 heterocycles. The Kier molecular flexibility index (Phi) is 41.7. The summed E-state index contributed by atoms with van der Waals surface area (Å²) in [6, 6.07) is -0.157. The number of carbonyl (C=O) groups is 5. The van der Waals surface area contributed by atoms with Gasteiger partial charge in [-0.1, -0.05) is 13.8 Å². The Bertz CT molecular complexity index is 855. The second-order valence-electron chi connectivity index (χ2n) is 7.59. The standard InChI is InChI=1S/C6H9NO2S.C5H12O2S2.C5H10OS.C3H8N2O.C3H8N2S.C3H6O3/c1-7-5(8)3-4(10-2)6(7)9;1-3-9(6,7)5-4-8-2;1-3-5(6)4-7-2;2*1-4-3(6)5-2;1-5-3(4)6-2/h4H,3H2,1-2H3;3-5H2,1-2H3;3-4H2,1-2H3;2*1-2H3,(H2,4,5,6);1-2H3. The van der Waals surface area contributed by atoms with Crippen LogP contribution < -0.4 is 21.3 Å². The third-order valence-electron chi connectivity index (χ3n) is 4.60. The molecule has 0 saturated carbocycles. The molecule has 0 bridgehead atoms. The predicted octanol–water partition coefficient (Wildman–Crippen LogP) is 1.87. The number of likely N-dealkylation sites (tertiary alicyclic amines) is 1. The van der Waals surface area contributed by atoms with Crippen LogP contribution in [0.4, 0.5) is 9.59 Å². The minimum absolute atomic E-state index is 0.0579. The molecule has 0 spiro atoms. The molecule has 0 aromatic carbocycles. The van der Waals surface area contributed by atoms with Gasteiger partial charge in [0.15, 0.2) is 14.9 Å². The second-order valence-corrected chi connectivity index (χ2v) is 13.4. The van der Waals surface area contributed by atoms with Crippen LogP contribution >= 0.6 is 47.5 Å². The van der Waals surface area contributed by atoms with Crippen molar-refractivity contribution in [3.05, 3.63) is 0 Å². The van der Waals surface area contributed by atoms with Crippen LogP contribution in [-0.2, 0) is 33.7 Å². The number of amides is 4. The SMILES string of the molecule is CCC(=O)CSC.CCS(=O)(=O)CCSC.CNC(=O)NC.CNC(=S)NC.COC(=O)OC.CSC1CC(=O)N(C)C1=O. The number of hydrogen-bond acceptors (Lipinski definition) is 13. The van der Waals surface area contributed by atoms with Gasteiger partial charge in [0.05, 0.1) is 31.0 Å². The van der Waals surface area contributed by atoms with Gasteiger partial charge in [-0.15, -0.1) is 0 Å². The fourth-order valence-corrected chi connectivity index (χ4v) is 5.02. The zero-order valence-corrected chi connectivity index (χ0v) is 32.1. The summed E-state index contributed by atoms with van der Waals surface area (Å²) < 4.78 is 29.6. The molecular formula is C25H53N5O9S5. The monoisotopic (exact) mass is 727 g/mol. The van der Waals surface area contributed by atoms with Gasteiger partial charge in [0.25, 0.3) is 0 Å². The Morgan fingerprint density at radius 2 is 1.41 bits per heavy atom. The number of urea groups is 1. The molecule has 4 N–H and O–H groups in total. The minimum atomic E-state index is -2.70. The first-order valence-electron chi connectivity index (χ1n) is 13.0. The number of carbonyl (C=O) groups excluding carboxylic acids is 5. The molecule has 262 valence electrons. The third-order valence-corrected chi connectivity index (χ3v) is 9.14. The summed E-state index contributed by atoms with van der Waals surface area (Å²) in [4.78, 5) is 53.2. The number of Topliss-reactive ketones (excluding diaryl/α,β-unsaturated/α-hetero) is 1. The van der Waals surface area contributed by atoms with Gasteiger partial charge in [0.1, 0.15) is 5.78 Å². The Labute approximate surface area is 282 Å². The van der Waals surface area contributed by atoms with Gasteiger partial charge in [0, 0.05) is 59.6 Å². The molecule has 4 amide bonds. The average Bonchev–Trinajstić information content (AvgIpc) is 3.30. The van der Waals surface area contributed by atoms with Crippen molar-refractivity contribution in [1.82, 2.24) is 26.2 Å². The highest BCUT2D eigenvalue weighted by Gasteiger charge is 2.35. The van der Waals surface area contributed by atoms with Crippen molar-refractivity contribution < 1.29 is 41.9 Å². The largest absolute Gasteiger partial charge is 0.507 e. The van der Waals surface area contributed by atoms with E-state index >= 15 is 0 Å². The van der Waals surface area contributed by atoms with E-state index in [4.69, 9.17) is 0 Å². The van der Waals surface area contributed by atoms with Crippen LogP contribution in [0.1, 0.15) is 26.7 Å². The van der Waals surface area contributed by atoms with E-state index in [1.807, 2.05) is 25.7 Å². The maximum atomic E-state index is 11.0. The van der Waals surface area contributed by atoms with Crippen LogP contribution in [0.25, 0.3) is 0 Å². The number of hydrogen-bond donors (Lipinski definition) is 4. The van der Waals surface area contributed by atoms with Gasteiger partial charge in [0.2, 0.25) is 11.8 Å². The van der Waals surface area contributed by atoms with Crippen molar-refractivity contribution in [2.24, 2.45) is 0 Å². The molecule has 1 fully saturated rings. The summed E-state index contributed by atoms with van der Waals surface area (Å²) >= 11 is 9.22. The zero-order valence-electron chi connectivity index (χ0n) is 28.0. The number of nitrogens with zero attached hydrogens (tertiary/aromatic N) is 1. The Hall–Kier alpha value is -1.96. The quantitative estimate of drug-likeness (QED) is 0.161. The smallest absolute Gasteiger partial charge is 0.438 e. The molecule has 1 rings (SSSR count). The van der Waals surface area contributed by atoms with Crippen molar-refractivity contribution >= 4 is 92.2 Å². The third kappa shape index (κ3) is 36.2. The van der Waals surface area contributed by atoms with Crippen LogP contribution in [0.3, 0.4) is 0 Å². The lowest BCUT2D eigenvalue weighted by molar-refractivity contribution is -0.136. The number of methoxy groups -OCH3 is 2. The van der Waals surface area contributed by atoms with Crippen LogP contribution in [0.2, 0.25) is 0 Å². The van der Waals surface area contributed by atoms with Gasteiger partial charge in [-0.05, 0) is 31.0 Å². The molecule has 1 saturated heterocycles. The average molecular weight is 728 g/mol. The van der Waals surface area contributed by atoms with Gasteiger partial charge < -0.3 is 30.7 Å². The van der Waals surface area contributed by atoms with E-state index in [1.165, 1.54) is 37.9 Å². The fourth-order valence-electron chi connectivity index (χ4n) is 1.86. The summed E-state index contributed by atoms with van der Waals surface area (Å²) in [7, 11) is 8.03. The summed E-state index contributed by atoms with van der Waals surface area (Å²) in [5.74, 6) is 2.21. The molecule has 19 heteroatoms. The first-order chi connectivity index (χ1) is 20.5. The molecule has 1 aliphatic rings. The topological polar surface area (TPSA) is 189 Å². The van der Waals surface area contributed by atoms with Crippen molar-refractivity contribution in [2.45, 2.75) is 31.9 Å². The Morgan fingerprint density at radius 1 is 0.932 bits per heavy atom. The fraction of sp³-hybridized carbons (Fsp3) is 0.760. The summed E-state index contributed by atoms with van der Waals surface area (Å²) in [5, 5.41) is 10.7. The molecular weight excluding hydrogens is 675 g/mol. The summed E-state index contributed by atoms with van der Waals surface area (Å²) in [5.41, 5.74) is 0. The predicted molar refractivity (Wildman–Crippen MR) is 190 cm³/mol. The Balaban J connectivity index is -0.000000140. The van der Waals surface area contributed by atoms with E-state index in [-0.39, 0.29) is 28.8 Å². The van der Waals surface area contributed by atoms with Gasteiger partial charge in [-0.2, -0.15) is 35.3 Å². The second kappa shape index (κ2) is 35.5. The van der Waals surface area contributed by atoms with Crippen LogP contribution in [0.5, 0.6) is 0 Å². The molecule has 14 nitrogen and oxygen atoms in total. The Morgan fingerprint density at radius 3 is 1.55 bits per heavy atom. The van der Waals surface area contributed by atoms with E-state index in [2.05, 4.69) is 43.0 Å². The number of imide groups is 1. The number of thiocarbonyl (C=S) groups is 1. The highest BCUT2D eigenvalue weighted by atomic mass is 32.2. The number of nitrogens with one attached hydrogen (secondary N) is 4. The zero-order chi connectivity index (χ0) is 35.7. The van der Waals surface area contributed by atoms with Gasteiger partial charge >= 0.3 is 12.2 Å². The van der Waals surface area contributed by atoms with E-state index in [0.29, 0.717) is 35.2 Å². The van der Waals surface area contributed by atoms with E-state index < -0.39 is 16.0 Å². The van der Waals surface area contributed by atoms with Crippen molar-refractivity contribution in [2.75, 3.05) is 91.2 Å². The lowest BCUT2D eigenvalue weighted by Gasteiger charge is -2.04. The number of thioether (sulfide) groups is 3. The van der Waals surface area contributed by atoms with Crippen molar-refractivity contribution in [3.8, 4) is 0 Å². The first kappa shape index (κ1) is 51.6. The first-order valence-corrected chi connectivity index (χ1v) is 19.3. The molecule has 1 atom stereocenters. The molecule has 1 unspecified atom stereocenters. The van der Waals surface area contributed by atoms with Gasteiger partial charge in [-0.3, -0.25) is 19.3 Å². The highest BCUT2D eigenvalue weighted by molar-refractivity contribution is 8.00. The van der Waals surface area contributed by atoms with Crippen LogP contribution in [0.15, 0.2) is 0 Å². The number of sulfone groups is 1. The summed E-state index contributed by atoms with van der Waals surface area (Å²) in [6.45, 7) is 3.56. The highest BCUT2D eigenvalue weighted by Crippen LogP contribution is 2.21. The van der Waals surface area contributed by atoms with E-state index in [1.54, 1.807) is 58.6 Å². The minimum Gasteiger partial charge on any atom is -0.438 e. The lowest BCUT2D eigenvalue weighted by Crippen LogP contribution is -2.28. The van der Waals surface area contributed by atoms with E-state index in [0.717, 1.165) is 5.75 Å². The molecule has 0 aliphatic carbocycles. The lowest BCUT2D eigenvalue weighted by atomic mass is 10.4. The summed E-state index contributed by atoms with van der Waals surface area (Å²) in [6.07, 6.45) is 6.08. The van der Waals surface area contributed by atoms with Crippen molar-refractivity contribution in [1.29, 1.82) is 0 Å². The molecule has 44 heavy (non-hydrogen) atoms. The number of ether oxygens (including phenoxy) is 2. The number of ketones is 1. The van der Waals surface area contributed by atoms with Crippen LogP contribution in [-0.4, -0.2) is 145 Å². The normalized spacial score (nSPS) is 12.6. The molecule has 1 aliphatic heterocycles. The maximum absolute atomic E-state index is 11.0. The number of rotatable bonds is 8. The van der Waals surface area contributed by atoms with Crippen LogP contribution in [0, 0.1) is 0 Å².